The number of para-hydroxylation sites is 2. The number of anilines is 2. The Balaban J connectivity index is 1.90. The molecule has 29 heavy (non-hydrogen) atoms. The van der Waals surface area contributed by atoms with Gasteiger partial charge in [-0.1, -0.05) is 30.3 Å². The number of hydrogen-bond donors (Lipinski definition) is 2. The Hall–Kier alpha value is -4.25. The highest BCUT2D eigenvalue weighted by molar-refractivity contribution is 5.78. The van der Waals surface area contributed by atoms with Crippen LogP contribution < -0.4 is 16.6 Å². The molecule has 4 rings (SSSR count). The summed E-state index contributed by atoms with van der Waals surface area (Å²) in [6.45, 7) is 1.84. The second-order valence-electron chi connectivity index (χ2n) is 6.43. The molecule has 2 heterocycles. The molecule has 0 aliphatic carbocycles. The van der Waals surface area contributed by atoms with Gasteiger partial charge in [0.05, 0.1) is 28.8 Å². The van der Waals surface area contributed by atoms with Gasteiger partial charge in [0.15, 0.2) is 0 Å². The number of nitriles is 1. The van der Waals surface area contributed by atoms with Crippen LogP contribution in [0.2, 0.25) is 0 Å². The van der Waals surface area contributed by atoms with Crippen molar-refractivity contribution in [3.8, 4) is 11.8 Å². The standard InChI is InChI=1S/C21H17N7O/c1-13(25-18-14(11-22)12-24-21(23)27-18)19-26-17-10-6-5-9-16(17)20(29)28(19)15-7-3-2-4-8-15/h2-10,12-13H,1H3,(H3,23,24,25,27)/t13-/m1/s1. The molecule has 0 fully saturated rings. The molecule has 0 amide bonds. The van der Waals surface area contributed by atoms with E-state index in [1.807, 2.05) is 55.5 Å². The molecule has 0 aliphatic heterocycles. The second-order valence-corrected chi connectivity index (χ2v) is 6.43. The fraction of sp³-hybridized carbons (Fsp3) is 0.0952. The zero-order valence-electron chi connectivity index (χ0n) is 15.6. The van der Waals surface area contributed by atoms with Gasteiger partial charge in [-0.15, -0.1) is 0 Å². The van der Waals surface area contributed by atoms with E-state index in [2.05, 4.69) is 15.3 Å². The van der Waals surface area contributed by atoms with Crippen LogP contribution in [0.3, 0.4) is 0 Å². The van der Waals surface area contributed by atoms with Crippen LogP contribution in [0, 0.1) is 11.3 Å². The number of aromatic nitrogens is 4. The summed E-state index contributed by atoms with van der Waals surface area (Å²) in [5.41, 5.74) is 7.04. The molecule has 2 aromatic heterocycles. The predicted molar refractivity (Wildman–Crippen MR) is 111 cm³/mol. The second kappa shape index (κ2) is 7.40. The largest absolute Gasteiger partial charge is 0.368 e. The van der Waals surface area contributed by atoms with Crippen LogP contribution in [0.5, 0.6) is 0 Å². The minimum atomic E-state index is -0.450. The van der Waals surface area contributed by atoms with E-state index in [4.69, 9.17) is 10.7 Å². The van der Waals surface area contributed by atoms with Gasteiger partial charge in [-0.25, -0.2) is 9.97 Å². The molecule has 142 valence electrons. The number of fused-ring (bicyclic) bond motifs is 1. The van der Waals surface area contributed by atoms with Crippen LogP contribution >= 0.6 is 0 Å². The highest BCUT2D eigenvalue weighted by Crippen LogP contribution is 2.22. The van der Waals surface area contributed by atoms with Crippen molar-refractivity contribution in [2.75, 3.05) is 11.1 Å². The van der Waals surface area contributed by atoms with Crippen molar-refractivity contribution in [2.24, 2.45) is 0 Å². The number of hydrogen-bond acceptors (Lipinski definition) is 7. The SMILES string of the molecule is C[C@@H](Nc1nc(N)ncc1C#N)c1nc2ccccc2c(=O)n1-c1ccccc1. The van der Waals surface area contributed by atoms with E-state index >= 15 is 0 Å². The molecule has 3 N–H and O–H groups in total. The summed E-state index contributed by atoms with van der Waals surface area (Å²) in [7, 11) is 0. The summed E-state index contributed by atoms with van der Waals surface area (Å²) in [5.74, 6) is 0.820. The average Bonchev–Trinajstić information content (AvgIpc) is 2.74. The van der Waals surface area contributed by atoms with Crippen molar-refractivity contribution in [3.63, 3.8) is 0 Å². The van der Waals surface area contributed by atoms with Crippen molar-refractivity contribution in [1.29, 1.82) is 5.26 Å². The number of nitrogen functional groups attached to an aromatic ring is 1. The van der Waals surface area contributed by atoms with E-state index < -0.39 is 6.04 Å². The first-order valence-corrected chi connectivity index (χ1v) is 8.94. The molecule has 0 unspecified atom stereocenters. The molecule has 0 aliphatic rings. The van der Waals surface area contributed by atoms with Gasteiger partial charge in [-0.2, -0.15) is 10.2 Å². The molecule has 0 spiro atoms. The number of benzene rings is 2. The van der Waals surface area contributed by atoms with E-state index in [9.17, 15) is 10.1 Å². The normalized spacial score (nSPS) is 11.7. The Labute approximate surface area is 166 Å². The first-order chi connectivity index (χ1) is 14.1. The molecule has 8 heteroatoms. The first-order valence-electron chi connectivity index (χ1n) is 8.94. The van der Waals surface area contributed by atoms with Crippen LogP contribution in [0.15, 0.2) is 65.6 Å². The van der Waals surface area contributed by atoms with Gasteiger partial charge in [0, 0.05) is 0 Å². The molecule has 8 nitrogen and oxygen atoms in total. The van der Waals surface area contributed by atoms with Crippen molar-refractivity contribution >= 4 is 22.7 Å². The van der Waals surface area contributed by atoms with Gasteiger partial charge in [0.1, 0.15) is 23.3 Å². The van der Waals surface area contributed by atoms with Crippen LogP contribution in [-0.2, 0) is 0 Å². The van der Waals surface area contributed by atoms with Crippen molar-refractivity contribution in [2.45, 2.75) is 13.0 Å². The average molecular weight is 383 g/mol. The molecule has 0 radical (unpaired) electrons. The van der Waals surface area contributed by atoms with Gasteiger partial charge in [-0.05, 0) is 31.2 Å². The van der Waals surface area contributed by atoms with E-state index in [1.54, 1.807) is 16.7 Å². The number of nitrogens with two attached hydrogens (primary N) is 1. The quantitative estimate of drug-likeness (QED) is 0.555. The molecular weight excluding hydrogens is 366 g/mol. The molecular formula is C21H17N7O. The lowest BCUT2D eigenvalue weighted by atomic mass is 10.2. The Kier molecular flexibility index (Phi) is 4.63. The van der Waals surface area contributed by atoms with Crippen LogP contribution in [0.4, 0.5) is 11.8 Å². The fourth-order valence-corrected chi connectivity index (χ4v) is 3.12. The number of rotatable bonds is 4. The van der Waals surface area contributed by atoms with E-state index in [0.29, 0.717) is 22.4 Å². The number of nitrogens with one attached hydrogen (secondary N) is 1. The van der Waals surface area contributed by atoms with Crippen LogP contribution in [0.1, 0.15) is 24.4 Å². The summed E-state index contributed by atoms with van der Waals surface area (Å²) >= 11 is 0. The summed E-state index contributed by atoms with van der Waals surface area (Å²) in [5, 5.41) is 13.0. The summed E-state index contributed by atoms with van der Waals surface area (Å²) in [6, 6.07) is 18.1. The van der Waals surface area contributed by atoms with Gasteiger partial charge < -0.3 is 11.1 Å². The van der Waals surface area contributed by atoms with E-state index in [-0.39, 0.29) is 22.9 Å². The first kappa shape index (κ1) is 18.1. The Bertz CT molecular complexity index is 1290. The lowest BCUT2D eigenvalue weighted by molar-refractivity contribution is 0.730. The minimum absolute atomic E-state index is 0.0469. The summed E-state index contributed by atoms with van der Waals surface area (Å²) < 4.78 is 1.57. The predicted octanol–water partition coefficient (Wildman–Crippen LogP) is 2.80. The Morgan fingerprint density at radius 3 is 2.59 bits per heavy atom. The zero-order valence-corrected chi connectivity index (χ0v) is 15.6. The zero-order chi connectivity index (χ0) is 20.4. The van der Waals surface area contributed by atoms with Gasteiger partial charge in [0.25, 0.3) is 5.56 Å². The van der Waals surface area contributed by atoms with Gasteiger partial charge in [-0.3, -0.25) is 9.36 Å². The monoisotopic (exact) mass is 383 g/mol. The van der Waals surface area contributed by atoms with Gasteiger partial charge in [0.2, 0.25) is 5.95 Å². The van der Waals surface area contributed by atoms with Crippen LogP contribution in [0.25, 0.3) is 16.6 Å². The lowest BCUT2D eigenvalue weighted by Crippen LogP contribution is -2.27. The molecule has 0 saturated heterocycles. The Morgan fingerprint density at radius 2 is 1.83 bits per heavy atom. The maximum atomic E-state index is 13.3. The van der Waals surface area contributed by atoms with Crippen molar-refractivity contribution in [3.05, 3.63) is 82.5 Å². The molecule has 2 aromatic carbocycles. The minimum Gasteiger partial charge on any atom is -0.368 e. The molecule has 4 aromatic rings. The van der Waals surface area contributed by atoms with Crippen molar-refractivity contribution < 1.29 is 0 Å². The molecule has 0 saturated carbocycles. The topological polar surface area (TPSA) is 123 Å². The third kappa shape index (κ3) is 3.37. The molecule has 0 bridgehead atoms. The molecule has 1 atom stereocenters. The van der Waals surface area contributed by atoms with Gasteiger partial charge >= 0.3 is 0 Å². The summed E-state index contributed by atoms with van der Waals surface area (Å²) in [4.78, 5) is 26.0. The van der Waals surface area contributed by atoms with Crippen LogP contribution in [-0.4, -0.2) is 19.5 Å². The smallest absolute Gasteiger partial charge is 0.266 e. The third-order valence-corrected chi connectivity index (χ3v) is 4.48. The Morgan fingerprint density at radius 1 is 1.10 bits per heavy atom. The van der Waals surface area contributed by atoms with E-state index in [0.717, 1.165) is 0 Å². The fourth-order valence-electron chi connectivity index (χ4n) is 3.12. The summed E-state index contributed by atoms with van der Waals surface area (Å²) in [6.07, 6.45) is 1.36. The highest BCUT2D eigenvalue weighted by Gasteiger charge is 2.19. The lowest BCUT2D eigenvalue weighted by Gasteiger charge is -2.20. The number of nitrogens with zero attached hydrogens (tertiary/aromatic N) is 5. The maximum Gasteiger partial charge on any atom is 0.266 e. The highest BCUT2D eigenvalue weighted by atomic mass is 16.1. The van der Waals surface area contributed by atoms with Crippen molar-refractivity contribution in [1.82, 2.24) is 19.5 Å². The third-order valence-electron chi connectivity index (χ3n) is 4.48. The maximum absolute atomic E-state index is 13.3. The van der Waals surface area contributed by atoms with E-state index in [1.165, 1.54) is 6.20 Å².